The lowest BCUT2D eigenvalue weighted by molar-refractivity contribution is 0.102. The van der Waals surface area contributed by atoms with E-state index < -0.39 is 5.91 Å². The van der Waals surface area contributed by atoms with Gasteiger partial charge in [0.05, 0.1) is 0 Å². The van der Waals surface area contributed by atoms with Crippen LogP contribution in [0.3, 0.4) is 0 Å². The third-order valence-electron chi connectivity index (χ3n) is 2.68. The van der Waals surface area contributed by atoms with Crippen molar-refractivity contribution in [1.29, 1.82) is 0 Å². The highest BCUT2D eigenvalue weighted by Crippen LogP contribution is 2.10. The van der Waals surface area contributed by atoms with Crippen LogP contribution in [0.25, 0.3) is 0 Å². The first kappa shape index (κ1) is 12.1. The maximum Gasteiger partial charge on any atom is 0.261 e. The van der Waals surface area contributed by atoms with Gasteiger partial charge in [0.1, 0.15) is 5.56 Å². The minimum Gasteiger partial charge on any atom is -0.328 e. The van der Waals surface area contributed by atoms with Crippen molar-refractivity contribution in [2.75, 3.05) is 5.32 Å². The number of aromatic nitrogens is 1. The number of carbonyl (C=O) groups is 1. The van der Waals surface area contributed by atoms with Gasteiger partial charge in [-0.05, 0) is 36.2 Å². The predicted molar refractivity (Wildman–Crippen MR) is 70.8 cm³/mol. The van der Waals surface area contributed by atoms with Gasteiger partial charge < -0.3 is 10.3 Å². The van der Waals surface area contributed by atoms with E-state index in [0.717, 1.165) is 6.42 Å². The first-order valence-electron chi connectivity index (χ1n) is 5.78. The van der Waals surface area contributed by atoms with E-state index in [0.29, 0.717) is 5.69 Å². The van der Waals surface area contributed by atoms with Gasteiger partial charge in [-0.15, -0.1) is 0 Å². The van der Waals surface area contributed by atoms with Gasteiger partial charge in [0.15, 0.2) is 0 Å². The molecule has 4 nitrogen and oxygen atoms in total. The lowest BCUT2D eigenvalue weighted by Crippen LogP contribution is -2.22. The maximum atomic E-state index is 11.9. The SMILES string of the molecule is CCc1ccc(NC(=O)c2ccc[nH]c2=O)cc1. The molecule has 18 heavy (non-hydrogen) atoms. The summed E-state index contributed by atoms with van der Waals surface area (Å²) in [6, 6.07) is 10.7. The van der Waals surface area contributed by atoms with Gasteiger partial charge in [0.2, 0.25) is 0 Å². The highest BCUT2D eigenvalue weighted by atomic mass is 16.2. The Morgan fingerprint density at radius 2 is 1.94 bits per heavy atom. The number of anilines is 1. The third kappa shape index (κ3) is 2.66. The van der Waals surface area contributed by atoms with Crippen molar-refractivity contribution >= 4 is 11.6 Å². The summed E-state index contributed by atoms with van der Waals surface area (Å²) >= 11 is 0. The molecular formula is C14H14N2O2. The molecule has 0 saturated carbocycles. The highest BCUT2D eigenvalue weighted by molar-refractivity contribution is 6.03. The van der Waals surface area contributed by atoms with Gasteiger partial charge in [0, 0.05) is 11.9 Å². The fourth-order valence-corrected chi connectivity index (χ4v) is 1.62. The second kappa shape index (κ2) is 5.31. The molecule has 2 rings (SSSR count). The molecule has 0 saturated heterocycles. The second-order valence-electron chi connectivity index (χ2n) is 3.92. The molecule has 0 unspecified atom stereocenters. The van der Waals surface area contributed by atoms with Crippen LogP contribution in [0.2, 0.25) is 0 Å². The van der Waals surface area contributed by atoms with Crippen LogP contribution in [0.5, 0.6) is 0 Å². The van der Waals surface area contributed by atoms with E-state index in [1.807, 2.05) is 24.3 Å². The van der Waals surface area contributed by atoms with E-state index in [1.165, 1.54) is 17.8 Å². The standard InChI is InChI=1S/C14H14N2O2/c1-2-10-5-7-11(8-6-10)16-14(18)12-4-3-9-15-13(12)17/h3-9H,2H2,1H3,(H,15,17)(H,16,18). The molecular weight excluding hydrogens is 228 g/mol. The first-order valence-corrected chi connectivity index (χ1v) is 5.78. The van der Waals surface area contributed by atoms with Crippen molar-refractivity contribution in [2.24, 2.45) is 0 Å². The lowest BCUT2D eigenvalue weighted by atomic mass is 10.1. The van der Waals surface area contributed by atoms with Gasteiger partial charge in [0.25, 0.3) is 11.5 Å². The van der Waals surface area contributed by atoms with Crippen molar-refractivity contribution in [1.82, 2.24) is 4.98 Å². The van der Waals surface area contributed by atoms with Crippen molar-refractivity contribution in [3.8, 4) is 0 Å². The lowest BCUT2D eigenvalue weighted by Gasteiger charge is -2.05. The van der Waals surface area contributed by atoms with Crippen LogP contribution in [-0.4, -0.2) is 10.9 Å². The van der Waals surface area contributed by atoms with Crippen LogP contribution in [-0.2, 0) is 6.42 Å². The number of nitrogens with one attached hydrogen (secondary N) is 2. The molecule has 0 spiro atoms. The zero-order valence-electron chi connectivity index (χ0n) is 10.1. The number of carbonyl (C=O) groups excluding carboxylic acids is 1. The Morgan fingerprint density at radius 1 is 1.22 bits per heavy atom. The summed E-state index contributed by atoms with van der Waals surface area (Å²) in [6.07, 6.45) is 2.45. The van der Waals surface area contributed by atoms with Gasteiger partial charge in [-0.25, -0.2) is 0 Å². The summed E-state index contributed by atoms with van der Waals surface area (Å²) in [6.45, 7) is 2.07. The zero-order valence-corrected chi connectivity index (χ0v) is 10.1. The number of aromatic amines is 1. The van der Waals surface area contributed by atoms with E-state index in [4.69, 9.17) is 0 Å². The van der Waals surface area contributed by atoms with Crippen molar-refractivity contribution in [2.45, 2.75) is 13.3 Å². The Morgan fingerprint density at radius 3 is 2.56 bits per heavy atom. The van der Waals surface area contributed by atoms with E-state index in [1.54, 1.807) is 6.07 Å². The Hall–Kier alpha value is -2.36. The Kier molecular flexibility index (Phi) is 3.57. The molecule has 0 aliphatic heterocycles. The van der Waals surface area contributed by atoms with E-state index in [9.17, 15) is 9.59 Å². The van der Waals surface area contributed by atoms with Crippen LogP contribution in [0.1, 0.15) is 22.8 Å². The van der Waals surface area contributed by atoms with E-state index in [-0.39, 0.29) is 11.1 Å². The number of aryl methyl sites for hydroxylation is 1. The van der Waals surface area contributed by atoms with Crippen molar-refractivity contribution < 1.29 is 4.79 Å². The molecule has 0 radical (unpaired) electrons. The normalized spacial score (nSPS) is 10.1. The molecule has 4 heteroatoms. The zero-order chi connectivity index (χ0) is 13.0. The summed E-state index contributed by atoms with van der Waals surface area (Å²) < 4.78 is 0. The Bertz CT molecular complexity index is 600. The van der Waals surface area contributed by atoms with Crippen LogP contribution in [0, 0.1) is 0 Å². The quantitative estimate of drug-likeness (QED) is 0.866. The molecule has 1 aromatic carbocycles. The molecule has 1 amide bonds. The molecule has 2 N–H and O–H groups in total. The van der Waals surface area contributed by atoms with Gasteiger partial charge in [-0.2, -0.15) is 0 Å². The summed E-state index contributed by atoms with van der Waals surface area (Å²) in [5, 5.41) is 2.69. The van der Waals surface area contributed by atoms with Crippen LogP contribution < -0.4 is 10.9 Å². The van der Waals surface area contributed by atoms with Gasteiger partial charge in [-0.1, -0.05) is 19.1 Å². The molecule has 0 atom stereocenters. The minimum absolute atomic E-state index is 0.108. The Labute approximate surface area is 105 Å². The summed E-state index contributed by atoms with van der Waals surface area (Å²) in [7, 11) is 0. The third-order valence-corrected chi connectivity index (χ3v) is 2.68. The molecule has 0 bridgehead atoms. The number of rotatable bonds is 3. The largest absolute Gasteiger partial charge is 0.328 e. The summed E-state index contributed by atoms with van der Waals surface area (Å²) in [5.41, 5.74) is 1.60. The number of H-pyrrole nitrogens is 1. The number of hydrogen-bond donors (Lipinski definition) is 2. The smallest absolute Gasteiger partial charge is 0.261 e. The molecule has 0 aliphatic rings. The van der Waals surface area contributed by atoms with Crippen LogP contribution >= 0.6 is 0 Å². The topological polar surface area (TPSA) is 62.0 Å². The fraction of sp³-hybridized carbons (Fsp3) is 0.143. The molecule has 1 heterocycles. The predicted octanol–water partition coefficient (Wildman–Crippen LogP) is 2.19. The van der Waals surface area contributed by atoms with Gasteiger partial charge >= 0.3 is 0 Å². The number of hydrogen-bond acceptors (Lipinski definition) is 2. The monoisotopic (exact) mass is 242 g/mol. The van der Waals surface area contributed by atoms with Crippen molar-refractivity contribution in [3.05, 3.63) is 64.1 Å². The maximum absolute atomic E-state index is 11.9. The molecule has 1 aromatic heterocycles. The fourth-order valence-electron chi connectivity index (χ4n) is 1.62. The highest BCUT2D eigenvalue weighted by Gasteiger charge is 2.09. The van der Waals surface area contributed by atoms with Crippen LogP contribution in [0.15, 0.2) is 47.4 Å². The van der Waals surface area contributed by atoms with E-state index >= 15 is 0 Å². The average molecular weight is 242 g/mol. The summed E-state index contributed by atoms with van der Waals surface area (Å²) in [4.78, 5) is 25.8. The molecule has 0 fully saturated rings. The molecule has 2 aromatic rings. The Balaban J connectivity index is 2.16. The molecule has 92 valence electrons. The number of benzene rings is 1. The molecule has 0 aliphatic carbocycles. The average Bonchev–Trinajstić information content (AvgIpc) is 2.40. The summed E-state index contributed by atoms with van der Waals surface area (Å²) in [5.74, 6) is -0.402. The van der Waals surface area contributed by atoms with E-state index in [2.05, 4.69) is 17.2 Å². The van der Waals surface area contributed by atoms with Crippen LogP contribution in [0.4, 0.5) is 5.69 Å². The second-order valence-corrected chi connectivity index (χ2v) is 3.92. The van der Waals surface area contributed by atoms with Gasteiger partial charge in [-0.3, -0.25) is 9.59 Å². The number of amides is 1. The number of pyridine rings is 1. The van der Waals surface area contributed by atoms with Crippen molar-refractivity contribution in [3.63, 3.8) is 0 Å². The minimum atomic E-state index is -0.402. The first-order chi connectivity index (χ1) is 8.70.